The average molecular weight is 263 g/mol. The van der Waals surface area contributed by atoms with Crippen molar-refractivity contribution in [1.82, 2.24) is 15.6 Å². The molecule has 0 bridgehead atoms. The van der Waals surface area contributed by atoms with E-state index in [4.69, 9.17) is 0 Å². The van der Waals surface area contributed by atoms with E-state index in [0.29, 0.717) is 5.69 Å². The molecule has 0 aromatic carbocycles. The molecule has 1 fully saturated rings. The highest BCUT2D eigenvalue weighted by Gasteiger charge is 2.28. The first-order valence-corrected chi connectivity index (χ1v) is 5.81. The Hall–Kier alpha value is -2.44. The molecule has 7 nitrogen and oxygen atoms in total. The van der Waals surface area contributed by atoms with E-state index in [9.17, 15) is 19.2 Å². The van der Waals surface area contributed by atoms with Gasteiger partial charge in [-0.05, 0) is 13.3 Å². The molecule has 1 aromatic rings. The van der Waals surface area contributed by atoms with Gasteiger partial charge in [0.05, 0.1) is 0 Å². The van der Waals surface area contributed by atoms with Crippen molar-refractivity contribution in [1.29, 1.82) is 0 Å². The van der Waals surface area contributed by atoms with E-state index in [0.717, 1.165) is 0 Å². The highest BCUT2D eigenvalue weighted by molar-refractivity contribution is 6.03. The van der Waals surface area contributed by atoms with E-state index in [1.54, 1.807) is 6.92 Å². The third-order valence-electron chi connectivity index (χ3n) is 2.85. The number of aromatic amines is 1. The third-order valence-corrected chi connectivity index (χ3v) is 2.85. The van der Waals surface area contributed by atoms with Crippen molar-refractivity contribution in [3.63, 3.8) is 0 Å². The van der Waals surface area contributed by atoms with Gasteiger partial charge in [0, 0.05) is 24.4 Å². The minimum Gasteiger partial charge on any atom is -0.364 e. The Labute approximate surface area is 108 Å². The average Bonchev–Trinajstić information content (AvgIpc) is 2.32. The lowest BCUT2D eigenvalue weighted by Gasteiger charge is -2.21. The topological polar surface area (TPSA) is 108 Å². The second kappa shape index (κ2) is 5.05. The van der Waals surface area contributed by atoms with E-state index >= 15 is 0 Å². The summed E-state index contributed by atoms with van der Waals surface area (Å²) in [6.45, 7) is 1.70. The molecular formula is C12H13N3O4. The minimum atomic E-state index is -0.786. The maximum absolute atomic E-state index is 11.9. The van der Waals surface area contributed by atoms with Crippen LogP contribution < -0.4 is 16.1 Å². The second-order valence-corrected chi connectivity index (χ2v) is 4.37. The molecule has 7 heteroatoms. The number of imide groups is 1. The Morgan fingerprint density at radius 1 is 1.37 bits per heavy atom. The first kappa shape index (κ1) is 13.0. The molecule has 1 aliphatic rings. The van der Waals surface area contributed by atoms with Gasteiger partial charge in [-0.15, -0.1) is 0 Å². The summed E-state index contributed by atoms with van der Waals surface area (Å²) in [6.07, 6.45) is 1.71. The molecule has 0 radical (unpaired) electrons. The number of H-pyrrole nitrogens is 1. The van der Waals surface area contributed by atoms with Gasteiger partial charge in [0.2, 0.25) is 11.8 Å². The number of aryl methyl sites for hydroxylation is 1. The molecule has 1 saturated heterocycles. The quantitative estimate of drug-likeness (QED) is 0.608. The standard InChI is InChI=1S/C12H13N3O4/c1-6-4-9(16)7(5-13-6)11(18)14-8-2-3-10(17)15-12(8)19/h4-5,8H,2-3H2,1H3,(H,13,16)(H,14,18)(H,15,17,19). The van der Waals surface area contributed by atoms with Crippen LogP contribution in [0.1, 0.15) is 28.9 Å². The summed E-state index contributed by atoms with van der Waals surface area (Å²) in [6, 6.07) is 0.519. The van der Waals surface area contributed by atoms with E-state index < -0.39 is 23.3 Å². The summed E-state index contributed by atoms with van der Waals surface area (Å²) < 4.78 is 0. The first-order valence-electron chi connectivity index (χ1n) is 5.81. The number of hydrogen-bond acceptors (Lipinski definition) is 4. The molecule has 3 N–H and O–H groups in total. The van der Waals surface area contributed by atoms with Crippen LogP contribution in [0.15, 0.2) is 17.1 Å². The van der Waals surface area contributed by atoms with Crippen LogP contribution in [-0.2, 0) is 9.59 Å². The van der Waals surface area contributed by atoms with E-state index in [1.165, 1.54) is 12.3 Å². The maximum atomic E-state index is 11.9. The first-order chi connectivity index (χ1) is 8.97. The van der Waals surface area contributed by atoms with Gasteiger partial charge in [0.1, 0.15) is 11.6 Å². The predicted octanol–water partition coefficient (Wildman–Crippen LogP) is -0.782. The summed E-state index contributed by atoms with van der Waals surface area (Å²) >= 11 is 0. The van der Waals surface area contributed by atoms with E-state index in [-0.39, 0.29) is 24.3 Å². The largest absolute Gasteiger partial charge is 0.364 e. The van der Waals surface area contributed by atoms with Crippen molar-refractivity contribution in [2.24, 2.45) is 0 Å². The fourth-order valence-electron chi connectivity index (χ4n) is 1.82. The fraction of sp³-hybridized carbons (Fsp3) is 0.333. The van der Waals surface area contributed by atoms with Crippen LogP contribution in [0.4, 0.5) is 0 Å². The molecule has 3 amide bonds. The number of hydrogen-bond donors (Lipinski definition) is 3. The maximum Gasteiger partial charge on any atom is 0.257 e. The molecule has 2 heterocycles. The van der Waals surface area contributed by atoms with Crippen LogP contribution in [-0.4, -0.2) is 28.7 Å². The number of aromatic nitrogens is 1. The van der Waals surface area contributed by atoms with Crippen LogP contribution in [0, 0.1) is 6.92 Å². The smallest absolute Gasteiger partial charge is 0.257 e. The molecule has 0 spiro atoms. The highest BCUT2D eigenvalue weighted by atomic mass is 16.2. The molecule has 100 valence electrons. The van der Waals surface area contributed by atoms with Crippen LogP contribution >= 0.6 is 0 Å². The number of piperidine rings is 1. The molecule has 1 unspecified atom stereocenters. The van der Waals surface area contributed by atoms with Gasteiger partial charge < -0.3 is 10.3 Å². The Balaban J connectivity index is 2.11. The van der Waals surface area contributed by atoms with Gasteiger partial charge in [-0.25, -0.2) is 0 Å². The molecular weight excluding hydrogens is 250 g/mol. The zero-order valence-corrected chi connectivity index (χ0v) is 10.3. The Kier molecular flexibility index (Phi) is 3.46. The van der Waals surface area contributed by atoms with Gasteiger partial charge in [-0.3, -0.25) is 24.5 Å². The van der Waals surface area contributed by atoms with E-state index in [1.807, 2.05) is 0 Å². The van der Waals surface area contributed by atoms with Gasteiger partial charge in [0.25, 0.3) is 5.91 Å². The van der Waals surface area contributed by atoms with Crippen molar-refractivity contribution in [3.05, 3.63) is 33.7 Å². The zero-order chi connectivity index (χ0) is 14.0. The van der Waals surface area contributed by atoms with Gasteiger partial charge in [-0.1, -0.05) is 0 Å². The van der Waals surface area contributed by atoms with Crippen LogP contribution in [0.25, 0.3) is 0 Å². The normalized spacial score (nSPS) is 18.9. The van der Waals surface area contributed by atoms with Gasteiger partial charge in [0.15, 0.2) is 5.43 Å². The Morgan fingerprint density at radius 2 is 2.11 bits per heavy atom. The van der Waals surface area contributed by atoms with Crippen molar-refractivity contribution in [2.75, 3.05) is 0 Å². The molecule has 1 atom stereocenters. The molecule has 0 saturated carbocycles. The number of carbonyl (C=O) groups is 3. The highest BCUT2D eigenvalue weighted by Crippen LogP contribution is 2.05. The van der Waals surface area contributed by atoms with Crippen LogP contribution in [0.3, 0.4) is 0 Å². The predicted molar refractivity (Wildman–Crippen MR) is 65.4 cm³/mol. The molecule has 1 aliphatic heterocycles. The number of rotatable bonds is 2. The van der Waals surface area contributed by atoms with Crippen molar-refractivity contribution in [3.8, 4) is 0 Å². The van der Waals surface area contributed by atoms with E-state index in [2.05, 4.69) is 15.6 Å². The summed E-state index contributed by atoms with van der Waals surface area (Å²) in [4.78, 5) is 48.7. The van der Waals surface area contributed by atoms with Crippen molar-refractivity contribution in [2.45, 2.75) is 25.8 Å². The summed E-state index contributed by atoms with van der Waals surface area (Å²) in [5, 5.41) is 4.57. The van der Waals surface area contributed by atoms with Crippen LogP contribution in [0.5, 0.6) is 0 Å². The Morgan fingerprint density at radius 3 is 2.74 bits per heavy atom. The summed E-state index contributed by atoms with van der Waals surface area (Å²) in [5.74, 6) is -1.53. The van der Waals surface area contributed by atoms with Crippen molar-refractivity contribution >= 4 is 17.7 Å². The lowest BCUT2D eigenvalue weighted by atomic mass is 10.1. The van der Waals surface area contributed by atoms with Crippen molar-refractivity contribution < 1.29 is 14.4 Å². The van der Waals surface area contributed by atoms with Gasteiger partial charge in [-0.2, -0.15) is 0 Å². The lowest BCUT2D eigenvalue weighted by Crippen LogP contribution is -2.52. The van der Waals surface area contributed by atoms with Gasteiger partial charge >= 0.3 is 0 Å². The summed E-state index contributed by atoms with van der Waals surface area (Å²) in [5.41, 5.74) is 0.166. The fourth-order valence-corrected chi connectivity index (χ4v) is 1.82. The zero-order valence-electron chi connectivity index (χ0n) is 10.3. The SMILES string of the molecule is Cc1cc(=O)c(C(=O)NC2CCC(=O)NC2=O)c[nH]1. The molecule has 1 aromatic heterocycles. The number of carbonyl (C=O) groups excluding carboxylic acids is 3. The molecule has 0 aliphatic carbocycles. The lowest BCUT2D eigenvalue weighted by molar-refractivity contribution is -0.134. The minimum absolute atomic E-state index is 0.0599. The Bertz CT molecular complexity index is 605. The summed E-state index contributed by atoms with van der Waals surface area (Å²) in [7, 11) is 0. The van der Waals surface area contributed by atoms with Crippen LogP contribution in [0.2, 0.25) is 0 Å². The molecule has 2 rings (SSSR count). The molecule has 19 heavy (non-hydrogen) atoms. The second-order valence-electron chi connectivity index (χ2n) is 4.37. The number of amides is 3. The third kappa shape index (κ3) is 2.87. The number of pyridine rings is 1. The monoisotopic (exact) mass is 263 g/mol. The number of nitrogens with one attached hydrogen (secondary N) is 3.